The molecule has 12 heavy (non-hydrogen) atoms. The van der Waals surface area contributed by atoms with Crippen molar-refractivity contribution in [3.05, 3.63) is 29.0 Å². The van der Waals surface area contributed by atoms with Crippen molar-refractivity contribution in [1.29, 1.82) is 0 Å². The number of aliphatic hydroxyl groups is 1. The van der Waals surface area contributed by atoms with Crippen LogP contribution in [-0.2, 0) is 0 Å². The minimum atomic E-state index is 0.0972. The fourth-order valence-electron chi connectivity index (χ4n) is 0.419. The first-order valence-corrected chi connectivity index (χ1v) is 3.81. The van der Waals surface area contributed by atoms with E-state index < -0.39 is 0 Å². The van der Waals surface area contributed by atoms with Crippen molar-refractivity contribution in [2.24, 2.45) is 5.73 Å². The second kappa shape index (κ2) is 6.78. The number of pyridine rings is 1. The second-order valence-electron chi connectivity index (χ2n) is 1.90. The van der Waals surface area contributed by atoms with Crippen LogP contribution in [0.15, 0.2) is 24.4 Å². The van der Waals surface area contributed by atoms with Crippen LogP contribution in [0.25, 0.3) is 0 Å². The molecule has 0 amide bonds. The Balaban J connectivity index is 0.000000261. The van der Waals surface area contributed by atoms with Gasteiger partial charge in [-0.2, -0.15) is 4.73 Å². The maximum atomic E-state index is 8.73. The first-order valence-electron chi connectivity index (χ1n) is 3.40. The molecule has 0 aromatic carbocycles. The van der Waals surface area contributed by atoms with Gasteiger partial charge in [-0.25, -0.2) is 0 Å². The predicted molar refractivity (Wildman–Crippen MR) is 48.6 cm³/mol. The van der Waals surface area contributed by atoms with Crippen LogP contribution in [-0.4, -0.2) is 28.2 Å². The predicted octanol–water partition coefficient (Wildman–Crippen LogP) is 0.392. The van der Waals surface area contributed by atoms with E-state index in [0.717, 1.165) is 4.73 Å². The Morgan fingerprint density at radius 2 is 2.08 bits per heavy atom. The third-order valence-corrected chi connectivity index (χ3v) is 1.26. The summed E-state index contributed by atoms with van der Waals surface area (Å²) < 4.78 is 1.32. The number of aromatic nitrogens is 1. The molecule has 0 saturated heterocycles. The van der Waals surface area contributed by atoms with Gasteiger partial charge in [0.2, 0.25) is 0 Å². The van der Waals surface area contributed by atoms with Crippen LogP contribution in [0.2, 0.25) is 0 Å². The topological polar surface area (TPSA) is 71.4 Å². The van der Waals surface area contributed by atoms with Gasteiger partial charge in [-0.3, -0.25) is 0 Å². The number of nitrogens with zero attached hydrogens (tertiary/aromatic N) is 1. The number of aliphatic hydroxyl groups excluding tert-OH is 1. The summed E-state index contributed by atoms with van der Waals surface area (Å²) >= 11 is 4.67. The standard InChI is InChI=1S/C5H5NOS.C2H7NO/c7-6-4-2-1-3-5(6)8;3-1-2-4/h1-4,7H;4H,1-3H2. The van der Waals surface area contributed by atoms with Gasteiger partial charge in [0.15, 0.2) is 0 Å². The quantitative estimate of drug-likeness (QED) is 0.440. The van der Waals surface area contributed by atoms with Crippen molar-refractivity contribution >= 4 is 12.2 Å². The molecule has 0 radical (unpaired) electrons. The van der Waals surface area contributed by atoms with Crippen molar-refractivity contribution < 1.29 is 10.3 Å². The Morgan fingerprint density at radius 3 is 2.33 bits per heavy atom. The normalized spacial score (nSPS) is 8.50. The van der Waals surface area contributed by atoms with Gasteiger partial charge in [0.25, 0.3) is 0 Å². The van der Waals surface area contributed by atoms with Crippen LogP contribution in [0.3, 0.4) is 0 Å². The summed E-state index contributed by atoms with van der Waals surface area (Å²) in [6.07, 6.45) is 1.49. The third kappa shape index (κ3) is 4.84. The molecule has 0 atom stereocenters. The average Bonchev–Trinajstić information content (AvgIpc) is 2.11. The Labute approximate surface area is 75.8 Å². The lowest BCUT2D eigenvalue weighted by Crippen LogP contribution is -2.02. The smallest absolute Gasteiger partial charge is 0.142 e. The summed E-state index contributed by atoms with van der Waals surface area (Å²) in [6.45, 7) is 0.472. The largest absolute Gasteiger partial charge is 0.428 e. The molecule has 0 saturated carbocycles. The van der Waals surface area contributed by atoms with Crippen molar-refractivity contribution in [2.45, 2.75) is 0 Å². The summed E-state index contributed by atoms with van der Waals surface area (Å²) in [7, 11) is 0. The van der Waals surface area contributed by atoms with Crippen molar-refractivity contribution in [3.8, 4) is 0 Å². The molecule has 1 rings (SSSR count). The molecule has 4 nitrogen and oxygen atoms in total. The van der Waals surface area contributed by atoms with Crippen LogP contribution >= 0.6 is 12.2 Å². The molecule has 0 spiro atoms. The number of nitrogens with two attached hydrogens (primary N) is 1. The molecule has 0 fully saturated rings. The summed E-state index contributed by atoms with van der Waals surface area (Å²) in [5.41, 5.74) is 4.78. The van der Waals surface area contributed by atoms with E-state index in [9.17, 15) is 0 Å². The van der Waals surface area contributed by atoms with Crippen molar-refractivity contribution in [2.75, 3.05) is 13.2 Å². The van der Waals surface area contributed by atoms with E-state index in [0.29, 0.717) is 11.2 Å². The summed E-state index contributed by atoms with van der Waals surface area (Å²) in [5.74, 6) is 0. The van der Waals surface area contributed by atoms with Gasteiger partial charge in [-0.1, -0.05) is 18.3 Å². The lowest BCUT2D eigenvalue weighted by molar-refractivity contribution is 0.180. The number of hydrogen-bond acceptors (Lipinski definition) is 4. The highest BCUT2D eigenvalue weighted by Gasteiger charge is 1.77. The zero-order valence-electron chi connectivity index (χ0n) is 6.55. The first-order chi connectivity index (χ1) is 5.72. The lowest BCUT2D eigenvalue weighted by Gasteiger charge is -1.90. The fourth-order valence-corrected chi connectivity index (χ4v) is 0.558. The molecule has 68 valence electrons. The number of hydrogen-bond donors (Lipinski definition) is 3. The molecule has 4 N–H and O–H groups in total. The van der Waals surface area contributed by atoms with E-state index >= 15 is 0 Å². The van der Waals surface area contributed by atoms with E-state index in [-0.39, 0.29) is 6.61 Å². The molecular weight excluding hydrogens is 176 g/mol. The van der Waals surface area contributed by atoms with Gasteiger partial charge in [0, 0.05) is 12.7 Å². The van der Waals surface area contributed by atoms with Crippen LogP contribution in [0.5, 0.6) is 0 Å². The molecule has 1 aromatic rings. The van der Waals surface area contributed by atoms with Crippen molar-refractivity contribution in [3.63, 3.8) is 0 Å². The molecule has 1 aromatic heterocycles. The van der Waals surface area contributed by atoms with Gasteiger partial charge in [0.1, 0.15) is 4.64 Å². The van der Waals surface area contributed by atoms with E-state index in [4.69, 9.17) is 16.0 Å². The van der Waals surface area contributed by atoms with Gasteiger partial charge in [0.05, 0.1) is 6.61 Å². The van der Waals surface area contributed by atoms with Gasteiger partial charge < -0.3 is 16.0 Å². The summed E-state index contributed by atoms with van der Waals surface area (Å²) in [5, 5.41) is 16.5. The zero-order valence-corrected chi connectivity index (χ0v) is 7.37. The van der Waals surface area contributed by atoms with E-state index in [2.05, 4.69) is 12.2 Å². The maximum absolute atomic E-state index is 8.73. The van der Waals surface area contributed by atoms with Crippen LogP contribution in [0.1, 0.15) is 0 Å². The minimum Gasteiger partial charge on any atom is -0.428 e. The lowest BCUT2D eigenvalue weighted by atomic mass is 10.5. The minimum absolute atomic E-state index is 0.0972. The Bertz CT molecular complexity index is 260. The maximum Gasteiger partial charge on any atom is 0.142 e. The van der Waals surface area contributed by atoms with E-state index in [1.807, 2.05) is 0 Å². The molecule has 0 aliphatic rings. The van der Waals surface area contributed by atoms with Crippen LogP contribution in [0, 0.1) is 4.64 Å². The Kier molecular flexibility index (Phi) is 6.26. The molecule has 0 aliphatic carbocycles. The summed E-state index contributed by atoms with van der Waals surface area (Å²) in [4.78, 5) is 0. The van der Waals surface area contributed by atoms with Crippen molar-refractivity contribution in [1.82, 2.24) is 4.73 Å². The van der Waals surface area contributed by atoms with Gasteiger partial charge in [-0.15, -0.1) is 0 Å². The Morgan fingerprint density at radius 1 is 1.50 bits per heavy atom. The average molecular weight is 188 g/mol. The Hall–Kier alpha value is -0.910. The second-order valence-corrected chi connectivity index (χ2v) is 2.31. The van der Waals surface area contributed by atoms with Crippen LogP contribution < -0.4 is 5.73 Å². The van der Waals surface area contributed by atoms with E-state index in [1.165, 1.54) is 6.20 Å². The van der Waals surface area contributed by atoms with E-state index in [1.54, 1.807) is 18.2 Å². The van der Waals surface area contributed by atoms with Gasteiger partial charge in [-0.05, 0) is 12.1 Å². The molecule has 1 heterocycles. The molecule has 0 aliphatic heterocycles. The molecule has 0 bridgehead atoms. The molecular formula is C7H12N2O2S. The SMILES string of the molecule is NCCO.On1ccccc1=S. The molecule has 0 unspecified atom stereocenters. The third-order valence-electron chi connectivity index (χ3n) is 0.932. The highest BCUT2D eigenvalue weighted by atomic mass is 32.1. The van der Waals surface area contributed by atoms with Crippen LogP contribution in [0.4, 0.5) is 0 Å². The van der Waals surface area contributed by atoms with Gasteiger partial charge >= 0.3 is 0 Å². The zero-order chi connectivity index (χ0) is 9.40. The number of rotatable bonds is 1. The fraction of sp³-hybridized carbons (Fsp3) is 0.286. The highest BCUT2D eigenvalue weighted by Crippen LogP contribution is 1.86. The molecule has 5 heteroatoms. The first kappa shape index (κ1) is 11.1. The summed E-state index contributed by atoms with van der Waals surface area (Å²) in [6, 6.07) is 5.13. The highest BCUT2D eigenvalue weighted by molar-refractivity contribution is 7.71. The monoisotopic (exact) mass is 188 g/mol.